The highest BCUT2D eigenvalue weighted by Gasteiger charge is 2.18. The first-order chi connectivity index (χ1) is 26.2. The Morgan fingerprint density at radius 2 is 0.830 bits per heavy atom. The molecule has 0 saturated heterocycles. The van der Waals surface area contributed by atoms with Crippen molar-refractivity contribution in [2.45, 2.75) is 0 Å². The molecule has 248 valence electrons. The van der Waals surface area contributed by atoms with Gasteiger partial charge in [-0.2, -0.15) is 0 Å². The number of furan rings is 2. The zero-order valence-electron chi connectivity index (χ0n) is 28.5. The molecule has 3 aromatic heterocycles. The number of hydrogen-bond donors (Lipinski definition) is 0. The highest BCUT2D eigenvalue weighted by molar-refractivity contribution is 6.17. The van der Waals surface area contributed by atoms with Gasteiger partial charge in [0.25, 0.3) is 0 Å². The second-order valence-corrected chi connectivity index (χ2v) is 13.6. The largest absolute Gasteiger partial charge is 0.455 e. The zero-order valence-corrected chi connectivity index (χ0v) is 28.5. The molecule has 0 N–H and O–H groups in total. The van der Waals surface area contributed by atoms with Crippen molar-refractivity contribution in [3.8, 4) is 22.3 Å². The molecule has 0 fully saturated rings. The number of para-hydroxylation sites is 2. The molecule has 4 nitrogen and oxygen atoms in total. The van der Waals surface area contributed by atoms with Gasteiger partial charge in [0.05, 0.1) is 0 Å². The molecule has 0 bridgehead atoms. The summed E-state index contributed by atoms with van der Waals surface area (Å²) in [5.41, 5.74) is 11.3. The Morgan fingerprint density at radius 1 is 0.358 bits per heavy atom. The van der Waals surface area contributed by atoms with Gasteiger partial charge in [-0.3, -0.25) is 4.98 Å². The van der Waals surface area contributed by atoms with E-state index in [2.05, 4.69) is 149 Å². The van der Waals surface area contributed by atoms with Crippen LogP contribution in [0.4, 0.5) is 17.1 Å². The van der Waals surface area contributed by atoms with Crippen LogP contribution >= 0.6 is 0 Å². The third-order valence-electron chi connectivity index (χ3n) is 10.5. The summed E-state index contributed by atoms with van der Waals surface area (Å²) in [4.78, 5) is 6.62. The van der Waals surface area contributed by atoms with Gasteiger partial charge in [-0.25, -0.2) is 0 Å². The lowest BCUT2D eigenvalue weighted by atomic mass is 10.0. The van der Waals surface area contributed by atoms with Crippen LogP contribution in [0.3, 0.4) is 0 Å². The number of pyridine rings is 1. The maximum absolute atomic E-state index is 6.51. The summed E-state index contributed by atoms with van der Waals surface area (Å²) in [5, 5.41) is 8.90. The quantitative estimate of drug-likeness (QED) is 0.182. The molecule has 11 aromatic rings. The number of nitrogens with zero attached hydrogens (tertiary/aromatic N) is 2. The third-order valence-corrected chi connectivity index (χ3v) is 10.5. The average molecular weight is 679 g/mol. The van der Waals surface area contributed by atoms with Gasteiger partial charge < -0.3 is 13.7 Å². The summed E-state index contributed by atoms with van der Waals surface area (Å²) in [6, 6.07) is 60.1. The van der Waals surface area contributed by atoms with Crippen LogP contribution in [0, 0.1) is 0 Å². The van der Waals surface area contributed by atoms with E-state index in [1.165, 1.54) is 0 Å². The van der Waals surface area contributed by atoms with Crippen LogP contribution in [0.2, 0.25) is 0 Å². The molecular weight excluding hydrogens is 649 g/mol. The maximum Gasteiger partial charge on any atom is 0.143 e. The van der Waals surface area contributed by atoms with Crippen LogP contribution in [0.1, 0.15) is 0 Å². The molecule has 0 aliphatic carbocycles. The molecule has 0 atom stereocenters. The highest BCUT2D eigenvalue weighted by atomic mass is 16.3. The minimum atomic E-state index is 0.894. The van der Waals surface area contributed by atoms with Crippen molar-refractivity contribution < 1.29 is 8.83 Å². The number of anilines is 3. The Balaban J connectivity index is 1.08. The lowest BCUT2D eigenvalue weighted by Gasteiger charge is -2.26. The molecule has 0 unspecified atom stereocenters. The van der Waals surface area contributed by atoms with Crippen molar-refractivity contribution >= 4 is 82.5 Å². The summed E-state index contributed by atoms with van der Waals surface area (Å²) < 4.78 is 13.0. The lowest BCUT2D eigenvalue weighted by Crippen LogP contribution is -2.10. The first kappa shape index (κ1) is 29.5. The number of rotatable bonds is 5. The maximum atomic E-state index is 6.51. The number of aromatic nitrogens is 1. The molecule has 0 aliphatic heterocycles. The summed E-state index contributed by atoms with van der Waals surface area (Å²) in [6.07, 6.45) is 3.70. The van der Waals surface area contributed by atoms with Gasteiger partial charge in [0.1, 0.15) is 22.3 Å². The number of fused-ring (bicyclic) bond motifs is 10. The topological polar surface area (TPSA) is 42.4 Å². The molecule has 0 aliphatic rings. The van der Waals surface area contributed by atoms with E-state index >= 15 is 0 Å². The predicted molar refractivity (Wildman–Crippen MR) is 219 cm³/mol. The smallest absolute Gasteiger partial charge is 0.143 e. The van der Waals surface area contributed by atoms with Crippen LogP contribution in [-0.4, -0.2) is 4.98 Å². The van der Waals surface area contributed by atoms with E-state index in [4.69, 9.17) is 8.83 Å². The minimum absolute atomic E-state index is 0.894. The van der Waals surface area contributed by atoms with Gasteiger partial charge in [0, 0.05) is 61.8 Å². The average Bonchev–Trinajstić information content (AvgIpc) is 3.81. The van der Waals surface area contributed by atoms with Crippen molar-refractivity contribution in [1.82, 2.24) is 4.98 Å². The van der Waals surface area contributed by atoms with E-state index in [-0.39, 0.29) is 0 Å². The Morgan fingerprint density at radius 3 is 1.36 bits per heavy atom. The lowest BCUT2D eigenvalue weighted by molar-refractivity contribution is 0.672. The van der Waals surface area contributed by atoms with E-state index in [1.807, 2.05) is 36.5 Å². The molecular formula is C49H30N2O2. The summed E-state index contributed by atoms with van der Waals surface area (Å²) in [6.45, 7) is 0. The molecule has 53 heavy (non-hydrogen) atoms. The van der Waals surface area contributed by atoms with Crippen LogP contribution < -0.4 is 4.90 Å². The molecule has 0 amide bonds. The molecule has 0 spiro atoms. The van der Waals surface area contributed by atoms with Gasteiger partial charge in [-0.15, -0.1) is 0 Å². The SMILES string of the molecule is c1cncc(-c2ccc(-c3ccc(N(c4ccc5ccc6c7ccccc7oc6c5c4)c4ccc5ccc6c7ccccc7oc6c5c4)cc3)cc2)c1. The zero-order chi connectivity index (χ0) is 34.9. The van der Waals surface area contributed by atoms with Gasteiger partial charge in [-0.1, -0.05) is 103 Å². The number of benzene rings is 8. The standard InChI is InChI=1S/C49H30N2O2/c1-3-9-46-40(7-1)42-25-19-34-17-23-38(28-44(34)48(42)52-46)51(37-21-15-32(16-22-37)31-11-13-33(14-12-31)36-6-5-27-50-30-36)39-24-18-35-20-26-43-41-8-2-4-10-47(41)53-49(43)45(35)29-39/h1-30H. The fraction of sp³-hybridized carbons (Fsp3) is 0. The van der Waals surface area contributed by atoms with E-state index in [0.29, 0.717) is 0 Å². The molecule has 0 saturated carbocycles. The number of hydrogen-bond acceptors (Lipinski definition) is 4. The Kier molecular flexibility index (Phi) is 6.52. The normalized spacial score (nSPS) is 11.8. The fourth-order valence-electron chi connectivity index (χ4n) is 7.90. The van der Waals surface area contributed by atoms with Crippen LogP contribution in [0.25, 0.3) is 87.7 Å². The monoisotopic (exact) mass is 678 g/mol. The summed E-state index contributed by atoms with van der Waals surface area (Å²) >= 11 is 0. The van der Waals surface area contributed by atoms with Crippen LogP contribution in [0.5, 0.6) is 0 Å². The first-order valence-electron chi connectivity index (χ1n) is 17.8. The highest BCUT2D eigenvalue weighted by Crippen LogP contribution is 2.42. The van der Waals surface area contributed by atoms with Crippen LogP contribution in [0.15, 0.2) is 191 Å². The Labute approximate surface area is 304 Å². The molecule has 0 radical (unpaired) electrons. The van der Waals surface area contributed by atoms with E-state index in [9.17, 15) is 0 Å². The van der Waals surface area contributed by atoms with Gasteiger partial charge in [0.15, 0.2) is 0 Å². The summed E-state index contributed by atoms with van der Waals surface area (Å²) in [5.74, 6) is 0. The Bertz CT molecular complexity index is 3000. The molecule has 4 heteroatoms. The van der Waals surface area contributed by atoms with Crippen molar-refractivity contribution in [2.24, 2.45) is 0 Å². The van der Waals surface area contributed by atoms with E-state index in [1.54, 1.807) is 6.20 Å². The molecule has 11 rings (SSSR count). The van der Waals surface area contributed by atoms with Gasteiger partial charge in [0.2, 0.25) is 0 Å². The van der Waals surface area contributed by atoms with Crippen molar-refractivity contribution in [1.29, 1.82) is 0 Å². The summed E-state index contributed by atoms with van der Waals surface area (Å²) in [7, 11) is 0. The molecule has 3 heterocycles. The second-order valence-electron chi connectivity index (χ2n) is 13.6. The minimum Gasteiger partial charge on any atom is -0.455 e. The first-order valence-corrected chi connectivity index (χ1v) is 17.8. The predicted octanol–water partition coefficient (Wildman–Crippen LogP) is 14.0. The van der Waals surface area contributed by atoms with Gasteiger partial charge >= 0.3 is 0 Å². The second kappa shape index (κ2) is 11.7. The fourth-order valence-corrected chi connectivity index (χ4v) is 7.90. The third kappa shape index (κ3) is 4.80. The van der Waals surface area contributed by atoms with Crippen LogP contribution in [-0.2, 0) is 0 Å². The van der Waals surface area contributed by atoms with E-state index < -0.39 is 0 Å². The van der Waals surface area contributed by atoms with Crippen molar-refractivity contribution in [3.63, 3.8) is 0 Å². The molecule has 8 aromatic carbocycles. The van der Waals surface area contributed by atoms with Crippen molar-refractivity contribution in [2.75, 3.05) is 4.90 Å². The van der Waals surface area contributed by atoms with E-state index in [0.717, 1.165) is 105 Å². The van der Waals surface area contributed by atoms with Crippen molar-refractivity contribution in [3.05, 3.63) is 182 Å². The van der Waals surface area contributed by atoms with Gasteiger partial charge in [-0.05, 0) is 99.8 Å². The Hall–Kier alpha value is -7.17.